The van der Waals surface area contributed by atoms with Gasteiger partial charge in [0.05, 0.1) is 5.69 Å². The predicted octanol–water partition coefficient (Wildman–Crippen LogP) is 2.84. The van der Waals surface area contributed by atoms with Crippen LogP contribution in [0.5, 0.6) is 0 Å². The zero-order valence-electron chi connectivity index (χ0n) is 14.2. The first-order valence-corrected chi connectivity index (χ1v) is 8.47. The summed E-state index contributed by atoms with van der Waals surface area (Å²) >= 11 is 6.06. The van der Waals surface area contributed by atoms with Crippen molar-refractivity contribution in [2.45, 2.75) is 6.92 Å². The first-order chi connectivity index (χ1) is 12.9. The lowest BCUT2D eigenvalue weighted by Gasteiger charge is -2.07. The average Bonchev–Trinajstić information content (AvgIpc) is 2.96. The number of fused-ring (bicyclic) bond motifs is 1. The van der Waals surface area contributed by atoms with Gasteiger partial charge in [0.25, 0.3) is 5.91 Å². The van der Waals surface area contributed by atoms with E-state index in [9.17, 15) is 9.59 Å². The number of aromatic nitrogens is 4. The fourth-order valence-electron chi connectivity index (χ4n) is 2.93. The number of carbonyl (C=O) groups is 1. The maximum Gasteiger partial charge on any atom is 0.332 e. The van der Waals surface area contributed by atoms with E-state index in [1.165, 1.54) is 4.57 Å². The van der Waals surface area contributed by atoms with Crippen molar-refractivity contribution in [1.29, 1.82) is 0 Å². The highest BCUT2D eigenvalue weighted by molar-refractivity contribution is 6.30. The number of amides is 1. The fraction of sp³-hybridized carbons (Fsp3) is 0.0526. The lowest BCUT2D eigenvalue weighted by molar-refractivity contribution is 0.0997. The molecular weight excluding hydrogens is 366 g/mol. The molecule has 8 heteroatoms. The zero-order valence-corrected chi connectivity index (χ0v) is 15.0. The van der Waals surface area contributed by atoms with E-state index in [0.29, 0.717) is 16.3 Å². The molecule has 0 spiro atoms. The highest BCUT2D eigenvalue weighted by atomic mass is 35.5. The molecule has 7 nitrogen and oxygen atoms in total. The maximum absolute atomic E-state index is 12.6. The molecule has 2 aromatic heterocycles. The Bertz CT molecular complexity index is 1260. The number of hydrogen-bond donors (Lipinski definition) is 2. The molecule has 27 heavy (non-hydrogen) atoms. The second kappa shape index (κ2) is 6.37. The molecule has 2 heterocycles. The molecule has 0 aliphatic rings. The number of imidazole rings is 1. The van der Waals surface area contributed by atoms with Crippen LogP contribution in [0, 0.1) is 6.92 Å². The van der Waals surface area contributed by atoms with E-state index in [0.717, 1.165) is 5.56 Å². The third kappa shape index (κ3) is 2.98. The van der Waals surface area contributed by atoms with Gasteiger partial charge in [0.1, 0.15) is 5.52 Å². The summed E-state index contributed by atoms with van der Waals surface area (Å²) in [5.41, 5.74) is 7.67. The van der Waals surface area contributed by atoms with Crippen molar-refractivity contribution in [2.24, 2.45) is 5.73 Å². The minimum absolute atomic E-state index is 0.0570. The van der Waals surface area contributed by atoms with Crippen LogP contribution < -0.4 is 11.4 Å². The normalized spacial score (nSPS) is 11.0. The van der Waals surface area contributed by atoms with Crippen LogP contribution in [0.2, 0.25) is 5.02 Å². The molecule has 0 radical (unpaired) electrons. The molecule has 2 aromatic carbocycles. The summed E-state index contributed by atoms with van der Waals surface area (Å²) in [6.07, 6.45) is 0. The lowest BCUT2D eigenvalue weighted by Crippen LogP contribution is -2.15. The summed E-state index contributed by atoms with van der Waals surface area (Å²) in [5, 5.41) is 0.502. The second-order valence-corrected chi connectivity index (χ2v) is 6.51. The van der Waals surface area contributed by atoms with Crippen molar-refractivity contribution < 1.29 is 4.79 Å². The van der Waals surface area contributed by atoms with E-state index < -0.39 is 11.6 Å². The molecule has 0 fully saturated rings. The first kappa shape index (κ1) is 17.0. The van der Waals surface area contributed by atoms with Gasteiger partial charge in [-0.1, -0.05) is 35.9 Å². The standard InChI is InChI=1S/C19H14ClN5O2/c1-10-4-2-7-13(8-10)25-18-15(23-19(25)27)14(16(21)26)22-17(24-18)11-5-3-6-12(20)9-11/h2-9H,1H3,(H2,21,26)(H,23,27). The molecule has 0 saturated heterocycles. The predicted molar refractivity (Wildman–Crippen MR) is 103 cm³/mol. The Morgan fingerprint density at radius 2 is 1.93 bits per heavy atom. The Morgan fingerprint density at radius 1 is 1.15 bits per heavy atom. The van der Waals surface area contributed by atoms with E-state index >= 15 is 0 Å². The van der Waals surface area contributed by atoms with Crippen molar-refractivity contribution in [3.63, 3.8) is 0 Å². The van der Waals surface area contributed by atoms with Gasteiger partial charge < -0.3 is 10.7 Å². The number of aromatic amines is 1. The van der Waals surface area contributed by atoms with E-state index in [1.807, 2.05) is 25.1 Å². The van der Waals surface area contributed by atoms with Crippen LogP contribution in [0.1, 0.15) is 16.1 Å². The minimum Gasteiger partial charge on any atom is -0.364 e. The molecule has 0 aliphatic carbocycles. The Morgan fingerprint density at radius 3 is 2.63 bits per heavy atom. The molecule has 0 unspecified atom stereocenters. The highest BCUT2D eigenvalue weighted by Gasteiger charge is 2.20. The largest absolute Gasteiger partial charge is 0.364 e. The van der Waals surface area contributed by atoms with Crippen LogP contribution in [0.3, 0.4) is 0 Å². The second-order valence-electron chi connectivity index (χ2n) is 6.07. The van der Waals surface area contributed by atoms with Gasteiger partial charge in [-0.25, -0.2) is 19.3 Å². The molecular formula is C19H14ClN5O2. The Labute approximate surface area is 158 Å². The fourth-order valence-corrected chi connectivity index (χ4v) is 3.12. The molecule has 4 rings (SSSR count). The third-order valence-corrected chi connectivity index (χ3v) is 4.35. The van der Waals surface area contributed by atoms with Crippen LogP contribution in [-0.2, 0) is 0 Å². The van der Waals surface area contributed by atoms with Gasteiger partial charge in [0.2, 0.25) is 0 Å². The molecule has 0 saturated carbocycles. The quantitative estimate of drug-likeness (QED) is 0.570. The number of nitrogens with two attached hydrogens (primary N) is 1. The summed E-state index contributed by atoms with van der Waals surface area (Å²) < 4.78 is 1.39. The van der Waals surface area contributed by atoms with Crippen molar-refractivity contribution in [1.82, 2.24) is 19.5 Å². The molecule has 4 aromatic rings. The smallest absolute Gasteiger partial charge is 0.332 e. The van der Waals surface area contributed by atoms with Gasteiger partial charge in [0.15, 0.2) is 17.2 Å². The number of benzene rings is 2. The van der Waals surface area contributed by atoms with Crippen LogP contribution in [-0.4, -0.2) is 25.4 Å². The Balaban J connectivity index is 2.08. The Kier molecular flexibility index (Phi) is 4.01. The van der Waals surface area contributed by atoms with Gasteiger partial charge in [-0.2, -0.15) is 0 Å². The van der Waals surface area contributed by atoms with Crippen LogP contribution in [0.4, 0.5) is 0 Å². The highest BCUT2D eigenvalue weighted by Crippen LogP contribution is 2.24. The maximum atomic E-state index is 12.6. The molecule has 3 N–H and O–H groups in total. The van der Waals surface area contributed by atoms with Crippen molar-refractivity contribution in [3.8, 4) is 17.1 Å². The monoisotopic (exact) mass is 379 g/mol. The molecule has 0 atom stereocenters. The van der Waals surface area contributed by atoms with E-state index in [-0.39, 0.29) is 22.7 Å². The van der Waals surface area contributed by atoms with E-state index in [1.54, 1.807) is 30.3 Å². The molecule has 134 valence electrons. The molecule has 0 bridgehead atoms. The summed E-state index contributed by atoms with van der Waals surface area (Å²) in [7, 11) is 0. The molecule has 1 amide bonds. The minimum atomic E-state index is -0.761. The number of hydrogen-bond acceptors (Lipinski definition) is 4. The lowest BCUT2D eigenvalue weighted by atomic mass is 10.2. The van der Waals surface area contributed by atoms with E-state index in [4.69, 9.17) is 17.3 Å². The topological polar surface area (TPSA) is 107 Å². The summed E-state index contributed by atoms with van der Waals surface area (Å²) in [6.45, 7) is 1.92. The number of H-pyrrole nitrogens is 1. The Hall–Kier alpha value is -3.45. The van der Waals surface area contributed by atoms with Gasteiger partial charge in [-0.3, -0.25) is 4.79 Å². The van der Waals surface area contributed by atoms with Crippen LogP contribution in [0.25, 0.3) is 28.2 Å². The van der Waals surface area contributed by atoms with Crippen molar-refractivity contribution in [3.05, 3.63) is 75.3 Å². The number of halogens is 1. The summed E-state index contributed by atoms with van der Waals surface area (Å²) in [5.74, 6) is -0.512. The van der Waals surface area contributed by atoms with Crippen LogP contribution in [0.15, 0.2) is 53.3 Å². The number of aryl methyl sites for hydroxylation is 1. The number of rotatable bonds is 3. The van der Waals surface area contributed by atoms with Gasteiger partial charge >= 0.3 is 5.69 Å². The number of nitrogens with one attached hydrogen (secondary N) is 1. The zero-order chi connectivity index (χ0) is 19.1. The van der Waals surface area contributed by atoms with Crippen LogP contribution >= 0.6 is 11.6 Å². The summed E-state index contributed by atoms with van der Waals surface area (Å²) in [6, 6.07) is 14.3. The van der Waals surface area contributed by atoms with Gasteiger partial charge in [-0.05, 0) is 36.8 Å². The number of primary amides is 1. The summed E-state index contributed by atoms with van der Waals surface area (Å²) in [4.78, 5) is 35.9. The molecule has 0 aliphatic heterocycles. The number of nitrogens with zero attached hydrogens (tertiary/aromatic N) is 3. The van der Waals surface area contributed by atoms with Crippen molar-refractivity contribution in [2.75, 3.05) is 0 Å². The number of carbonyl (C=O) groups excluding carboxylic acids is 1. The third-order valence-electron chi connectivity index (χ3n) is 4.11. The first-order valence-electron chi connectivity index (χ1n) is 8.09. The van der Waals surface area contributed by atoms with Gasteiger partial charge in [0, 0.05) is 10.6 Å². The van der Waals surface area contributed by atoms with E-state index in [2.05, 4.69) is 15.0 Å². The SMILES string of the molecule is Cc1cccc(-n2c(=O)[nH]c3c(C(N)=O)nc(-c4cccc(Cl)c4)nc32)c1. The average molecular weight is 380 g/mol. The van der Waals surface area contributed by atoms with Gasteiger partial charge in [-0.15, -0.1) is 0 Å². The van der Waals surface area contributed by atoms with Crippen molar-refractivity contribution >= 4 is 28.7 Å².